The number of carbonyl (C=O) groups is 1. The second-order valence-corrected chi connectivity index (χ2v) is 28.9. The molecule has 19 heteroatoms. The van der Waals surface area contributed by atoms with E-state index < -0.39 is 124 Å². The molecule has 3 heterocycles. The Bertz CT molecular complexity index is 1980. The quantitative estimate of drug-likeness (QED) is 0.0199. The third kappa shape index (κ3) is 41.3. The van der Waals surface area contributed by atoms with Crippen LogP contribution in [0.1, 0.15) is 322 Å². The van der Waals surface area contributed by atoms with E-state index >= 15 is 0 Å². The van der Waals surface area contributed by atoms with Crippen LogP contribution in [0.2, 0.25) is 0 Å². The van der Waals surface area contributed by atoms with Gasteiger partial charge in [-0.3, -0.25) is 4.79 Å². The van der Waals surface area contributed by atoms with Crippen molar-refractivity contribution in [2.24, 2.45) is 0 Å². The normalized spacial score (nSPS) is 26.8. The van der Waals surface area contributed by atoms with Crippen LogP contribution in [0.15, 0.2) is 48.6 Å². The van der Waals surface area contributed by atoms with Crippen LogP contribution in [0.25, 0.3) is 0 Å². The van der Waals surface area contributed by atoms with Crippen molar-refractivity contribution < 1.29 is 89.4 Å². The summed E-state index contributed by atoms with van der Waals surface area (Å²) in [6, 6.07) is -0.995. The Balaban J connectivity index is 1.26. The van der Waals surface area contributed by atoms with E-state index in [1.807, 2.05) is 6.08 Å². The van der Waals surface area contributed by atoms with Crippen LogP contribution in [0.5, 0.6) is 0 Å². The van der Waals surface area contributed by atoms with Gasteiger partial charge in [0, 0.05) is 6.42 Å². The van der Waals surface area contributed by atoms with Gasteiger partial charge < -0.3 is 89.9 Å². The van der Waals surface area contributed by atoms with E-state index in [1.54, 1.807) is 6.08 Å². The molecular weight excluding hydrogens is 1260 g/mol. The maximum Gasteiger partial charge on any atom is 0.220 e. The van der Waals surface area contributed by atoms with Gasteiger partial charge in [0.1, 0.15) is 73.2 Å². The summed E-state index contributed by atoms with van der Waals surface area (Å²) in [6.07, 6.45) is 50.2. The molecule has 0 aromatic carbocycles. The molecule has 0 bridgehead atoms. The fourth-order valence-electron chi connectivity index (χ4n) is 13.6. The van der Waals surface area contributed by atoms with Crippen LogP contribution in [-0.2, 0) is 33.2 Å². The summed E-state index contributed by atoms with van der Waals surface area (Å²) in [7, 11) is 0. The van der Waals surface area contributed by atoms with Gasteiger partial charge in [0.05, 0.1) is 38.6 Å². The highest BCUT2D eigenvalue weighted by Gasteiger charge is 2.54. The molecule has 3 fully saturated rings. The summed E-state index contributed by atoms with van der Waals surface area (Å²) in [5.74, 6) is -0.286. The van der Waals surface area contributed by atoms with E-state index in [0.717, 1.165) is 44.9 Å². The molecule has 12 N–H and O–H groups in total. The van der Waals surface area contributed by atoms with E-state index in [2.05, 4.69) is 55.6 Å². The van der Waals surface area contributed by atoms with Crippen molar-refractivity contribution >= 4 is 5.91 Å². The molecule has 3 aliphatic heterocycles. The number of hydrogen-bond acceptors (Lipinski definition) is 18. The lowest BCUT2D eigenvalue weighted by Gasteiger charge is -2.48. The number of allylic oxidation sites excluding steroid dienone is 7. The largest absolute Gasteiger partial charge is 0.394 e. The average Bonchev–Trinajstić information content (AvgIpc) is 0.784. The van der Waals surface area contributed by atoms with Crippen molar-refractivity contribution in [2.45, 2.75) is 426 Å². The molecule has 580 valence electrons. The molecule has 0 aliphatic carbocycles. The number of unbranched alkanes of at least 4 members (excludes halogenated alkanes) is 42. The first kappa shape index (κ1) is 91.0. The van der Waals surface area contributed by atoms with Crippen LogP contribution >= 0.6 is 0 Å². The highest BCUT2D eigenvalue weighted by molar-refractivity contribution is 5.76. The van der Waals surface area contributed by atoms with Crippen LogP contribution in [0, 0.1) is 0 Å². The van der Waals surface area contributed by atoms with Gasteiger partial charge in [0.2, 0.25) is 5.91 Å². The fraction of sp³-hybridized carbons (Fsp3) is 0.887. The minimum absolute atomic E-state index is 0.235. The standard InChI is InChI=1S/C80H147NO18/c1-3-5-7-9-11-13-15-17-18-19-20-21-22-23-24-25-26-27-28-29-30-31-32-33-34-35-36-37-38-39-40-41-42-43-44-46-48-50-52-54-56-58-68(86)81-63(64(85)57-55-53-51-49-47-45-16-14-12-10-8-6-4-2)62-94-78-74(92)71(89)76(66(60-83)96-78)99-80-75(93)72(90)77(67(61-84)97-80)98-79-73(91)70(88)69(87)65(59-82)95-79/h12,14,19-20,47,49,55,57,63-67,69-80,82-85,87-93H,3-11,13,15-18,21-46,48,50-54,56,58-62H2,1-2H3,(H,81,86)/b14-12+,20-19-,49-47+,57-55+. The van der Waals surface area contributed by atoms with Crippen molar-refractivity contribution in [2.75, 3.05) is 26.4 Å². The number of aliphatic hydroxyl groups excluding tert-OH is 11. The van der Waals surface area contributed by atoms with Gasteiger partial charge in [-0.25, -0.2) is 0 Å². The Kier molecular flexibility index (Phi) is 56.0. The number of hydrogen-bond donors (Lipinski definition) is 12. The Morgan fingerprint density at radius 2 is 0.646 bits per heavy atom. The Morgan fingerprint density at radius 1 is 0.354 bits per heavy atom. The molecule has 0 saturated carbocycles. The third-order valence-electron chi connectivity index (χ3n) is 20.1. The van der Waals surface area contributed by atoms with Crippen LogP contribution in [0.3, 0.4) is 0 Å². The summed E-state index contributed by atoms with van der Waals surface area (Å²) < 4.78 is 34.3. The SMILES string of the molecule is CCCCC/C=C/CC/C=C/CC/C=C/C(O)C(COC1OC(CO)C(OC2OC(CO)C(OC3OC(CO)C(O)C(O)C3O)C(O)C2O)C(O)C1O)NC(=O)CCCCCCCCCCCCCCCCCCCCCCCCCCCCCCC/C=C\CCCCCCCCCC. The number of carbonyl (C=O) groups excluding carboxylic acids is 1. The van der Waals surface area contributed by atoms with Crippen LogP contribution in [-0.4, -0.2) is 193 Å². The second kappa shape index (κ2) is 61.0. The topological polar surface area (TPSA) is 307 Å². The second-order valence-electron chi connectivity index (χ2n) is 28.9. The molecule has 0 aromatic rings. The zero-order valence-electron chi connectivity index (χ0n) is 62.0. The summed E-state index contributed by atoms with van der Waals surface area (Å²) in [4.78, 5) is 13.4. The number of nitrogens with one attached hydrogen (secondary N) is 1. The molecule has 17 atom stereocenters. The van der Waals surface area contributed by atoms with Gasteiger partial charge in [0.25, 0.3) is 0 Å². The maximum atomic E-state index is 13.4. The first-order valence-electron chi connectivity index (χ1n) is 40.4. The lowest BCUT2D eigenvalue weighted by molar-refractivity contribution is -0.379. The first-order valence-corrected chi connectivity index (χ1v) is 40.4. The molecule has 0 aromatic heterocycles. The van der Waals surface area contributed by atoms with E-state index in [-0.39, 0.29) is 18.9 Å². The monoisotopic (exact) mass is 1410 g/mol. The van der Waals surface area contributed by atoms with E-state index in [4.69, 9.17) is 28.4 Å². The Labute approximate surface area is 599 Å². The molecule has 3 saturated heterocycles. The van der Waals surface area contributed by atoms with Crippen molar-refractivity contribution in [1.82, 2.24) is 5.32 Å². The van der Waals surface area contributed by atoms with Gasteiger partial charge in [-0.2, -0.15) is 0 Å². The summed E-state index contributed by atoms with van der Waals surface area (Å²) in [6.45, 7) is 1.69. The van der Waals surface area contributed by atoms with Crippen LogP contribution < -0.4 is 5.32 Å². The Hall–Kier alpha value is -2.25. The zero-order chi connectivity index (χ0) is 71.8. The zero-order valence-corrected chi connectivity index (χ0v) is 62.0. The number of aliphatic hydroxyl groups is 11. The smallest absolute Gasteiger partial charge is 0.220 e. The molecule has 0 radical (unpaired) electrons. The summed E-state index contributed by atoms with van der Waals surface area (Å²) in [5, 5.41) is 120. The van der Waals surface area contributed by atoms with Gasteiger partial charge in [0.15, 0.2) is 18.9 Å². The highest BCUT2D eigenvalue weighted by atomic mass is 16.8. The summed E-state index contributed by atoms with van der Waals surface area (Å²) >= 11 is 0. The molecule has 3 rings (SSSR count). The maximum absolute atomic E-state index is 13.4. The predicted molar refractivity (Wildman–Crippen MR) is 392 cm³/mol. The van der Waals surface area contributed by atoms with E-state index in [9.17, 15) is 61.0 Å². The van der Waals surface area contributed by atoms with Crippen molar-refractivity contribution in [1.29, 1.82) is 0 Å². The third-order valence-corrected chi connectivity index (χ3v) is 20.1. The van der Waals surface area contributed by atoms with Crippen molar-refractivity contribution in [3.8, 4) is 0 Å². The molecule has 19 nitrogen and oxygen atoms in total. The van der Waals surface area contributed by atoms with Gasteiger partial charge in [-0.05, 0) is 70.6 Å². The first-order chi connectivity index (χ1) is 48.3. The van der Waals surface area contributed by atoms with E-state index in [0.29, 0.717) is 12.8 Å². The molecule has 3 aliphatic rings. The van der Waals surface area contributed by atoms with Gasteiger partial charge in [-0.1, -0.05) is 294 Å². The fourth-order valence-corrected chi connectivity index (χ4v) is 13.6. The molecule has 0 spiro atoms. The van der Waals surface area contributed by atoms with Crippen LogP contribution in [0.4, 0.5) is 0 Å². The van der Waals surface area contributed by atoms with E-state index in [1.165, 1.54) is 244 Å². The number of ether oxygens (including phenoxy) is 6. The predicted octanol–water partition coefficient (Wildman–Crippen LogP) is 13.3. The molecule has 99 heavy (non-hydrogen) atoms. The average molecular weight is 1410 g/mol. The van der Waals surface area contributed by atoms with Crippen molar-refractivity contribution in [3.63, 3.8) is 0 Å². The molecule has 1 amide bonds. The molecular formula is C80H147NO18. The molecule has 17 unspecified atom stereocenters. The highest BCUT2D eigenvalue weighted by Crippen LogP contribution is 2.33. The van der Waals surface area contributed by atoms with Gasteiger partial charge in [-0.15, -0.1) is 0 Å². The summed E-state index contributed by atoms with van der Waals surface area (Å²) in [5.41, 5.74) is 0. The lowest BCUT2D eigenvalue weighted by atomic mass is 9.96. The number of amides is 1. The Morgan fingerprint density at radius 3 is 1.03 bits per heavy atom. The minimum Gasteiger partial charge on any atom is -0.394 e. The minimum atomic E-state index is -1.98. The number of rotatable bonds is 64. The van der Waals surface area contributed by atoms with Crippen molar-refractivity contribution in [3.05, 3.63) is 48.6 Å². The van der Waals surface area contributed by atoms with Gasteiger partial charge >= 0.3 is 0 Å². The lowest BCUT2D eigenvalue weighted by Crippen LogP contribution is -2.66.